The fourth-order valence-electron chi connectivity index (χ4n) is 2.67. The van der Waals surface area contributed by atoms with Crippen LogP contribution in [0.5, 0.6) is 0 Å². The van der Waals surface area contributed by atoms with Crippen molar-refractivity contribution in [3.63, 3.8) is 0 Å². The van der Waals surface area contributed by atoms with Gasteiger partial charge in [0.2, 0.25) is 0 Å². The lowest BCUT2D eigenvalue weighted by Crippen LogP contribution is -2.17. The van der Waals surface area contributed by atoms with Gasteiger partial charge in [0.05, 0.1) is 10.9 Å². The zero-order chi connectivity index (χ0) is 19.7. The van der Waals surface area contributed by atoms with Gasteiger partial charge in [0, 0.05) is 10.9 Å². The highest BCUT2D eigenvalue weighted by Gasteiger charge is 2.19. The molecule has 0 amide bonds. The molecule has 4 aromatic rings. The molecule has 140 valence electrons. The topological polar surface area (TPSA) is 84.9 Å². The summed E-state index contributed by atoms with van der Waals surface area (Å²) in [5, 5.41) is 2.62. The van der Waals surface area contributed by atoms with Crippen LogP contribution in [0.1, 0.15) is 29.3 Å². The molecule has 2 aromatic carbocycles. The molecule has 2 aromatic heterocycles. The van der Waals surface area contributed by atoms with E-state index >= 15 is 0 Å². The van der Waals surface area contributed by atoms with Crippen LogP contribution in [0.2, 0.25) is 0 Å². The Bertz CT molecular complexity index is 1220. The molecule has 0 aliphatic heterocycles. The number of benzene rings is 2. The van der Waals surface area contributed by atoms with Crippen molar-refractivity contribution in [1.82, 2.24) is 15.0 Å². The molecule has 4 rings (SSSR count). The summed E-state index contributed by atoms with van der Waals surface area (Å²) in [4.78, 5) is 35.8. The molecule has 0 spiro atoms. The molecule has 1 N–H and O–H groups in total. The molecule has 0 fully saturated rings. The number of H-pyrrole nitrogens is 1. The van der Waals surface area contributed by atoms with E-state index in [2.05, 4.69) is 15.0 Å². The van der Waals surface area contributed by atoms with Crippen LogP contribution in [0.15, 0.2) is 58.7 Å². The number of hydrogen-bond donors (Lipinski definition) is 1. The number of halogens is 1. The van der Waals surface area contributed by atoms with E-state index in [1.165, 1.54) is 23.5 Å². The number of para-hydroxylation sites is 1. The molecule has 0 radical (unpaired) electrons. The number of esters is 1. The number of ether oxygens (including phenoxy) is 1. The Balaban J connectivity index is 1.54. The lowest BCUT2D eigenvalue weighted by molar-refractivity contribution is 0.0314. The fraction of sp³-hybridized carbons (Fsp3) is 0.100. The molecule has 6 nitrogen and oxygen atoms in total. The predicted octanol–water partition coefficient (Wildman–Crippen LogP) is 4.10. The number of thiazole rings is 1. The largest absolute Gasteiger partial charge is 0.450 e. The number of hydrogen-bond acceptors (Lipinski definition) is 6. The molecular weight excluding hydrogens is 381 g/mol. The van der Waals surface area contributed by atoms with Gasteiger partial charge in [-0.3, -0.25) is 4.79 Å². The molecule has 28 heavy (non-hydrogen) atoms. The fourth-order valence-corrected chi connectivity index (χ4v) is 3.46. The molecule has 0 aliphatic rings. The van der Waals surface area contributed by atoms with Crippen molar-refractivity contribution in [3.8, 4) is 10.6 Å². The number of fused-ring (bicyclic) bond motifs is 1. The van der Waals surface area contributed by atoms with Gasteiger partial charge >= 0.3 is 5.97 Å². The van der Waals surface area contributed by atoms with Crippen LogP contribution in [-0.2, 0) is 4.74 Å². The molecule has 0 saturated heterocycles. The first-order valence-corrected chi connectivity index (χ1v) is 9.30. The van der Waals surface area contributed by atoms with E-state index in [1.54, 1.807) is 48.7 Å². The van der Waals surface area contributed by atoms with Crippen LogP contribution in [0, 0.1) is 5.82 Å². The highest BCUT2D eigenvalue weighted by Crippen LogP contribution is 2.25. The van der Waals surface area contributed by atoms with Gasteiger partial charge in [-0.1, -0.05) is 12.1 Å². The Morgan fingerprint density at radius 1 is 1.14 bits per heavy atom. The maximum Gasteiger partial charge on any atom is 0.358 e. The second kappa shape index (κ2) is 7.32. The summed E-state index contributed by atoms with van der Waals surface area (Å²) >= 11 is 1.26. The molecular formula is C20H14FN3O3S. The van der Waals surface area contributed by atoms with E-state index in [4.69, 9.17) is 4.74 Å². The number of carbonyl (C=O) groups excluding carboxylic acids is 1. The number of aromatic nitrogens is 3. The predicted molar refractivity (Wildman–Crippen MR) is 104 cm³/mol. The average Bonchev–Trinajstić information content (AvgIpc) is 3.19. The third kappa shape index (κ3) is 3.54. The van der Waals surface area contributed by atoms with Crippen molar-refractivity contribution in [3.05, 3.63) is 81.6 Å². The number of aromatic amines is 1. The first-order valence-electron chi connectivity index (χ1n) is 8.42. The van der Waals surface area contributed by atoms with Crippen LogP contribution in [-0.4, -0.2) is 20.9 Å². The second-order valence-electron chi connectivity index (χ2n) is 6.06. The van der Waals surface area contributed by atoms with E-state index in [0.717, 1.165) is 0 Å². The Morgan fingerprint density at radius 2 is 1.89 bits per heavy atom. The molecule has 2 heterocycles. The number of rotatable bonds is 4. The Labute approximate surface area is 162 Å². The van der Waals surface area contributed by atoms with Crippen LogP contribution in [0.3, 0.4) is 0 Å². The Morgan fingerprint density at radius 3 is 2.68 bits per heavy atom. The van der Waals surface area contributed by atoms with Gasteiger partial charge in [-0.25, -0.2) is 19.2 Å². The van der Waals surface area contributed by atoms with Crippen molar-refractivity contribution in [1.29, 1.82) is 0 Å². The van der Waals surface area contributed by atoms with Gasteiger partial charge < -0.3 is 9.72 Å². The summed E-state index contributed by atoms with van der Waals surface area (Å²) in [5.74, 6) is -0.718. The lowest BCUT2D eigenvalue weighted by Gasteiger charge is -2.12. The summed E-state index contributed by atoms with van der Waals surface area (Å²) in [5.41, 5.74) is 1.07. The van der Waals surface area contributed by atoms with Crippen molar-refractivity contribution in [2.75, 3.05) is 0 Å². The number of nitrogens with zero attached hydrogens (tertiary/aromatic N) is 2. The standard InChI is InChI=1S/C20H14FN3O3S/c1-11(17-22-15-5-3-2-4-14(15)18(25)24-17)27-20(26)16-10-28-19(23-16)12-6-8-13(21)9-7-12/h2-11H,1H3,(H,22,24,25)/t11-/m1/s1. The van der Waals surface area contributed by atoms with Gasteiger partial charge in [0.15, 0.2) is 17.6 Å². The highest BCUT2D eigenvalue weighted by atomic mass is 32.1. The van der Waals surface area contributed by atoms with Crippen LogP contribution < -0.4 is 5.56 Å². The van der Waals surface area contributed by atoms with E-state index in [0.29, 0.717) is 21.5 Å². The van der Waals surface area contributed by atoms with Crippen molar-refractivity contribution >= 4 is 28.2 Å². The molecule has 1 atom stereocenters. The smallest absolute Gasteiger partial charge is 0.358 e. The molecule has 0 bridgehead atoms. The number of carbonyl (C=O) groups is 1. The van der Waals surface area contributed by atoms with E-state index < -0.39 is 12.1 Å². The van der Waals surface area contributed by atoms with E-state index in [9.17, 15) is 14.0 Å². The minimum Gasteiger partial charge on any atom is -0.450 e. The van der Waals surface area contributed by atoms with Gasteiger partial charge in [0.1, 0.15) is 10.8 Å². The molecule has 0 aliphatic carbocycles. The average molecular weight is 395 g/mol. The first-order chi connectivity index (χ1) is 13.5. The van der Waals surface area contributed by atoms with Gasteiger partial charge in [-0.2, -0.15) is 0 Å². The summed E-state index contributed by atoms with van der Waals surface area (Å²) in [6.07, 6.45) is -0.763. The van der Waals surface area contributed by atoms with Gasteiger partial charge in [-0.05, 0) is 43.3 Å². The third-order valence-corrected chi connectivity index (χ3v) is 5.00. The molecule has 0 unspecified atom stereocenters. The van der Waals surface area contributed by atoms with Crippen molar-refractivity contribution < 1.29 is 13.9 Å². The quantitative estimate of drug-likeness (QED) is 0.526. The minimum absolute atomic E-state index is 0.138. The SMILES string of the molecule is C[C@@H](OC(=O)c1csc(-c2ccc(F)cc2)n1)c1nc2ccccc2c(=O)[nH]1. The van der Waals surface area contributed by atoms with E-state index in [-0.39, 0.29) is 22.9 Å². The lowest BCUT2D eigenvalue weighted by atomic mass is 10.2. The van der Waals surface area contributed by atoms with Crippen LogP contribution in [0.4, 0.5) is 4.39 Å². The van der Waals surface area contributed by atoms with Gasteiger partial charge in [-0.15, -0.1) is 11.3 Å². The van der Waals surface area contributed by atoms with E-state index in [1.807, 2.05) is 0 Å². The van der Waals surface area contributed by atoms with Gasteiger partial charge in [0.25, 0.3) is 5.56 Å². The second-order valence-corrected chi connectivity index (χ2v) is 6.92. The summed E-state index contributed by atoms with van der Waals surface area (Å²) in [6.45, 7) is 1.62. The summed E-state index contributed by atoms with van der Waals surface area (Å²) < 4.78 is 18.5. The summed E-state index contributed by atoms with van der Waals surface area (Å²) in [6, 6.07) is 12.8. The molecule has 8 heteroatoms. The maximum absolute atomic E-state index is 13.0. The summed E-state index contributed by atoms with van der Waals surface area (Å²) in [7, 11) is 0. The normalized spacial score (nSPS) is 12.1. The van der Waals surface area contributed by atoms with Crippen LogP contribution >= 0.6 is 11.3 Å². The minimum atomic E-state index is -0.763. The first kappa shape index (κ1) is 18.0. The third-order valence-electron chi connectivity index (χ3n) is 4.10. The van der Waals surface area contributed by atoms with Crippen molar-refractivity contribution in [2.45, 2.75) is 13.0 Å². The monoisotopic (exact) mass is 395 g/mol. The van der Waals surface area contributed by atoms with Crippen LogP contribution in [0.25, 0.3) is 21.5 Å². The Kier molecular flexibility index (Phi) is 4.70. The zero-order valence-corrected chi connectivity index (χ0v) is 15.5. The van der Waals surface area contributed by atoms with Crippen molar-refractivity contribution in [2.24, 2.45) is 0 Å². The number of nitrogens with one attached hydrogen (secondary N) is 1. The highest BCUT2D eigenvalue weighted by molar-refractivity contribution is 7.13. The maximum atomic E-state index is 13.0. The zero-order valence-electron chi connectivity index (χ0n) is 14.7. The molecule has 0 saturated carbocycles. The Hall–Kier alpha value is -3.39.